The van der Waals surface area contributed by atoms with Crippen LogP contribution in [0, 0.1) is 0 Å². The van der Waals surface area contributed by atoms with E-state index in [1.54, 1.807) is 0 Å². The van der Waals surface area contributed by atoms with Crippen LogP contribution in [-0.2, 0) is 11.2 Å². The SMILES string of the molecule is CCCc1ncno1.O=C(O)C(F)(F)F. The Morgan fingerprint density at radius 1 is 1.60 bits per heavy atom. The summed E-state index contributed by atoms with van der Waals surface area (Å²) in [6.45, 7) is 2.07. The van der Waals surface area contributed by atoms with Crippen molar-refractivity contribution in [3.05, 3.63) is 12.2 Å². The Kier molecular flexibility index (Phi) is 5.35. The van der Waals surface area contributed by atoms with Crippen molar-refractivity contribution in [2.24, 2.45) is 0 Å². The molecule has 1 aromatic rings. The quantitative estimate of drug-likeness (QED) is 0.829. The van der Waals surface area contributed by atoms with E-state index >= 15 is 0 Å². The molecule has 0 aliphatic carbocycles. The third-order valence-corrected chi connectivity index (χ3v) is 1.11. The minimum Gasteiger partial charge on any atom is -0.475 e. The van der Waals surface area contributed by atoms with E-state index in [1.807, 2.05) is 0 Å². The van der Waals surface area contributed by atoms with Crippen molar-refractivity contribution >= 4 is 5.97 Å². The first kappa shape index (κ1) is 13.4. The molecule has 15 heavy (non-hydrogen) atoms. The zero-order chi connectivity index (χ0) is 11.9. The highest BCUT2D eigenvalue weighted by Crippen LogP contribution is 2.13. The summed E-state index contributed by atoms with van der Waals surface area (Å²) in [6.07, 6.45) is -1.72. The normalized spacial score (nSPS) is 10.4. The summed E-state index contributed by atoms with van der Waals surface area (Å²) >= 11 is 0. The van der Waals surface area contributed by atoms with E-state index in [4.69, 9.17) is 14.4 Å². The molecule has 0 atom stereocenters. The average molecular weight is 226 g/mol. The van der Waals surface area contributed by atoms with Crippen molar-refractivity contribution in [3.8, 4) is 0 Å². The van der Waals surface area contributed by atoms with Gasteiger partial charge in [-0.2, -0.15) is 18.2 Å². The van der Waals surface area contributed by atoms with Crippen molar-refractivity contribution < 1.29 is 27.6 Å². The fraction of sp³-hybridized carbons (Fsp3) is 0.571. The highest BCUT2D eigenvalue weighted by Gasteiger charge is 2.38. The van der Waals surface area contributed by atoms with Gasteiger partial charge in [-0.15, -0.1) is 0 Å². The number of carboxylic acid groups (broad SMARTS) is 1. The summed E-state index contributed by atoms with van der Waals surface area (Å²) in [5, 5.41) is 10.6. The minimum absolute atomic E-state index is 0.729. The number of carboxylic acids is 1. The highest BCUT2D eigenvalue weighted by atomic mass is 19.4. The summed E-state index contributed by atoms with van der Waals surface area (Å²) in [4.78, 5) is 12.7. The molecule has 0 radical (unpaired) electrons. The van der Waals surface area contributed by atoms with Gasteiger partial charge in [-0.25, -0.2) is 4.79 Å². The molecule has 86 valence electrons. The number of halogens is 3. The molecular weight excluding hydrogens is 217 g/mol. The van der Waals surface area contributed by atoms with Crippen molar-refractivity contribution in [2.75, 3.05) is 0 Å². The van der Waals surface area contributed by atoms with Gasteiger partial charge in [-0.3, -0.25) is 0 Å². The largest absolute Gasteiger partial charge is 0.490 e. The average Bonchev–Trinajstić information content (AvgIpc) is 2.57. The molecule has 1 rings (SSSR count). The lowest BCUT2D eigenvalue weighted by Crippen LogP contribution is -2.21. The minimum atomic E-state index is -5.08. The third kappa shape index (κ3) is 6.47. The van der Waals surface area contributed by atoms with Crippen molar-refractivity contribution in [1.82, 2.24) is 10.1 Å². The molecule has 0 aromatic carbocycles. The fourth-order valence-corrected chi connectivity index (χ4v) is 0.520. The summed E-state index contributed by atoms with van der Waals surface area (Å²) in [7, 11) is 0. The van der Waals surface area contributed by atoms with Gasteiger partial charge in [0.2, 0.25) is 5.89 Å². The van der Waals surface area contributed by atoms with Gasteiger partial charge in [-0.05, 0) is 6.42 Å². The fourth-order valence-electron chi connectivity index (χ4n) is 0.520. The zero-order valence-electron chi connectivity index (χ0n) is 7.78. The standard InChI is InChI=1S/C5H8N2O.C2HF3O2/c1-2-3-5-6-4-7-8-5;3-2(4,5)1(6)7/h4H,2-3H2,1H3;(H,6,7). The van der Waals surface area contributed by atoms with Crippen LogP contribution in [0.5, 0.6) is 0 Å². The van der Waals surface area contributed by atoms with Gasteiger partial charge in [-0.1, -0.05) is 12.1 Å². The van der Waals surface area contributed by atoms with Crippen molar-refractivity contribution in [3.63, 3.8) is 0 Å². The molecule has 5 nitrogen and oxygen atoms in total. The van der Waals surface area contributed by atoms with Crippen molar-refractivity contribution in [1.29, 1.82) is 0 Å². The first-order chi connectivity index (χ1) is 6.88. The maximum atomic E-state index is 10.6. The predicted octanol–water partition coefficient (Wildman–Crippen LogP) is 1.66. The summed E-state index contributed by atoms with van der Waals surface area (Å²) in [6, 6.07) is 0. The molecule has 0 amide bonds. The molecule has 0 fully saturated rings. The number of carbonyl (C=O) groups is 1. The molecule has 0 bridgehead atoms. The lowest BCUT2D eigenvalue weighted by atomic mass is 10.3. The van der Waals surface area contributed by atoms with Crippen LogP contribution in [0.3, 0.4) is 0 Å². The topological polar surface area (TPSA) is 76.2 Å². The van der Waals surface area contributed by atoms with Crippen LogP contribution < -0.4 is 0 Å². The Labute approximate surface area is 82.9 Å². The Morgan fingerprint density at radius 3 is 2.40 bits per heavy atom. The lowest BCUT2D eigenvalue weighted by molar-refractivity contribution is -0.192. The summed E-state index contributed by atoms with van der Waals surface area (Å²) in [5.41, 5.74) is 0. The number of hydrogen-bond acceptors (Lipinski definition) is 4. The van der Waals surface area contributed by atoms with E-state index in [0.717, 1.165) is 18.7 Å². The Balaban J connectivity index is 0.000000265. The Hall–Kier alpha value is -1.60. The number of alkyl halides is 3. The van der Waals surface area contributed by atoms with E-state index in [2.05, 4.69) is 17.1 Å². The van der Waals surface area contributed by atoms with Crippen LogP contribution in [0.4, 0.5) is 13.2 Å². The van der Waals surface area contributed by atoms with Crippen molar-refractivity contribution in [2.45, 2.75) is 25.9 Å². The molecule has 0 saturated carbocycles. The molecular formula is C7H9F3N2O3. The van der Waals surface area contributed by atoms with Crippen LogP contribution in [0.15, 0.2) is 10.9 Å². The second-order valence-corrected chi connectivity index (χ2v) is 2.39. The number of aromatic nitrogens is 2. The second kappa shape index (κ2) is 5.99. The smallest absolute Gasteiger partial charge is 0.475 e. The molecule has 1 aromatic heterocycles. The van der Waals surface area contributed by atoms with Gasteiger partial charge < -0.3 is 9.63 Å². The van der Waals surface area contributed by atoms with Crippen LogP contribution in [0.1, 0.15) is 19.2 Å². The van der Waals surface area contributed by atoms with Gasteiger partial charge in [0.1, 0.15) is 0 Å². The van der Waals surface area contributed by atoms with Crippen LogP contribution in [0.25, 0.3) is 0 Å². The van der Waals surface area contributed by atoms with Crippen LogP contribution >= 0.6 is 0 Å². The monoisotopic (exact) mass is 226 g/mol. The summed E-state index contributed by atoms with van der Waals surface area (Å²) < 4.78 is 36.4. The third-order valence-electron chi connectivity index (χ3n) is 1.11. The second-order valence-electron chi connectivity index (χ2n) is 2.39. The van der Waals surface area contributed by atoms with Crippen LogP contribution in [-0.4, -0.2) is 27.4 Å². The number of aliphatic carboxylic acids is 1. The van der Waals surface area contributed by atoms with Gasteiger partial charge in [0.05, 0.1) is 0 Å². The van der Waals surface area contributed by atoms with Gasteiger partial charge in [0, 0.05) is 6.42 Å². The van der Waals surface area contributed by atoms with E-state index in [1.165, 1.54) is 6.33 Å². The van der Waals surface area contributed by atoms with Crippen LogP contribution in [0.2, 0.25) is 0 Å². The van der Waals surface area contributed by atoms with E-state index < -0.39 is 12.1 Å². The molecule has 0 aliphatic heterocycles. The Morgan fingerprint density at radius 2 is 2.13 bits per heavy atom. The number of rotatable bonds is 2. The Bertz CT molecular complexity index is 284. The van der Waals surface area contributed by atoms with Gasteiger partial charge in [0.15, 0.2) is 6.33 Å². The number of nitrogens with zero attached hydrogens (tertiary/aromatic N) is 2. The zero-order valence-corrected chi connectivity index (χ0v) is 7.78. The molecule has 0 unspecified atom stereocenters. The molecule has 0 saturated heterocycles. The predicted molar refractivity (Wildman–Crippen MR) is 42.0 cm³/mol. The number of aryl methyl sites for hydroxylation is 1. The molecule has 1 N–H and O–H groups in total. The van der Waals surface area contributed by atoms with E-state index in [0.29, 0.717) is 0 Å². The summed E-state index contributed by atoms with van der Waals surface area (Å²) in [5.74, 6) is -2.03. The maximum Gasteiger partial charge on any atom is 0.490 e. The van der Waals surface area contributed by atoms with E-state index in [-0.39, 0.29) is 0 Å². The molecule has 8 heteroatoms. The van der Waals surface area contributed by atoms with E-state index in [9.17, 15) is 13.2 Å². The molecule has 1 heterocycles. The number of hydrogen-bond donors (Lipinski definition) is 1. The molecule has 0 aliphatic rings. The first-order valence-electron chi connectivity index (χ1n) is 3.93. The lowest BCUT2D eigenvalue weighted by Gasteiger charge is -1.93. The maximum absolute atomic E-state index is 10.6. The first-order valence-corrected chi connectivity index (χ1v) is 3.93. The van der Waals surface area contributed by atoms with Gasteiger partial charge >= 0.3 is 12.1 Å². The highest BCUT2D eigenvalue weighted by molar-refractivity contribution is 5.73. The molecule has 0 spiro atoms. The van der Waals surface area contributed by atoms with Gasteiger partial charge in [0.25, 0.3) is 0 Å².